The summed E-state index contributed by atoms with van der Waals surface area (Å²) in [4.78, 5) is 0. The molecule has 0 aromatic heterocycles. The van der Waals surface area contributed by atoms with Gasteiger partial charge in [0, 0.05) is 0 Å². The Morgan fingerprint density at radius 2 is 0.923 bits per heavy atom. The second-order valence-electron chi connectivity index (χ2n) is 0.953. The van der Waals surface area contributed by atoms with Crippen molar-refractivity contribution in [3.63, 3.8) is 0 Å². The van der Waals surface area contributed by atoms with E-state index in [1.807, 2.05) is 0 Å². The third kappa shape index (κ3) is 24.5. The molecule has 0 aromatic carbocycles. The van der Waals surface area contributed by atoms with Gasteiger partial charge in [0.2, 0.25) is 20.8 Å². The van der Waals surface area contributed by atoms with Gasteiger partial charge < -0.3 is 21.4 Å². The number of rotatable bonds is 3. The summed E-state index contributed by atoms with van der Waals surface area (Å²) in [5.41, 5.74) is 0. The van der Waals surface area contributed by atoms with E-state index in [-0.39, 0.29) is 34.0 Å². The van der Waals surface area contributed by atoms with Crippen LogP contribution in [0.3, 0.4) is 0 Å². The molecule has 0 heterocycles. The fraction of sp³-hybridized carbons (Fsp3) is 0. The first-order valence-corrected chi connectivity index (χ1v) is 4.17. The standard InChI is InChI=1S/2H2N.H2O8S2.Ti/c;;1-9(2,3)7-8-10(4,5)6;/h2*1H2;(H,1,2,3)(H,4,5,6);/q2*-1;;+4/p-2. The van der Waals surface area contributed by atoms with Gasteiger partial charge >= 0.3 is 21.7 Å². The van der Waals surface area contributed by atoms with Crippen molar-refractivity contribution in [1.29, 1.82) is 0 Å². The number of nitrogens with two attached hydrogens (primary N) is 2. The van der Waals surface area contributed by atoms with Crippen LogP contribution in [0.25, 0.3) is 12.3 Å². The van der Waals surface area contributed by atoms with Crippen LogP contribution in [0, 0.1) is 0 Å². The summed E-state index contributed by atoms with van der Waals surface area (Å²) in [6, 6.07) is 0. The molecule has 0 aliphatic carbocycles. The maximum atomic E-state index is 9.37. The van der Waals surface area contributed by atoms with E-state index < -0.39 is 20.8 Å². The molecule has 4 N–H and O–H groups in total. The normalized spacial score (nSPS) is 10.3. The average Bonchev–Trinajstić information content (AvgIpc) is 1.57. The van der Waals surface area contributed by atoms with Crippen molar-refractivity contribution < 1.29 is 56.3 Å². The molecule has 0 unspecified atom stereocenters. The Labute approximate surface area is 89.5 Å². The molecule has 0 saturated heterocycles. The molecule has 78 valence electrons. The maximum Gasteiger partial charge on any atom is 4.00 e. The van der Waals surface area contributed by atoms with Crippen LogP contribution in [0.2, 0.25) is 0 Å². The molecule has 0 saturated carbocycles. The van der Waals surface area contributed by atoms with Crippen LogP contribution in [-0.4, -0.2) is 25.9 Å². The van der Waals surface area contributed by atoms with Crippen LogP contribution in [-0.2, 0) is 51.2 Å². The second-order valence-corrected chi connectivity index (χ2v) is 2.86. The van der Waals surface area contributed by atoms with Gasteiger partial charge in [-0.1, -0.05) is 0 Å². The fourth-order valence-electron chi connectivity index (χ4n) is 0.0680. The van der Waals surface area contributed by atoms with Crippen LogP contribution in [0.5, 0.6) is 0 Å². The van der Waals surface area contributed by atoms with Crippen molar-refractivity contribution in [2.24, 2.45) is 0 Å². The first-order valence-electron chi connectivity index (χ1n) is 1.50. The van der Waals surface area contributed by atoms with Gasteiger partial charge in [0.15, 0.2) is 0 Å². The fourth-order valence-corrected chi connectivity index (χ4v) is 0.612. The summed E-state index contributed by atoms with van der Waals surface area (Å²) in [6.07, 6.45) is 0. The minimum Gasteiger partial charge on any atom is -0.724 e. The predicted octanol–water partition coefficient (Wildman–Crippen LogP) is -0.713. The Balaban J connectivity index is -0.000000135. The third-order valence-corrected chi connectivity index (χ3v) is 0.750. The Morgan fingerprint density at radius 1 is 0.769 bits per heavy atom. The second kappa shape index (κ2) is 7.75. The molecular weight excluding hydrogens is 268 g/mol. The topological polar surface area (TPSA) is 200 Å². The largest absolute Gasteiger partial charge is 4.00 e. The van der Waals surface area contributed by atoms with Crippen molar-refractivity contribution in [3.05, 3.63) is 12.3 Å². The maximum absolute atomic E-state index is 9.37. The van der Waals surface area contributed by atoms with Gasteiger partial charge in [0.25, 0.3) is 0 Å². The molecule has 0 radical (unpaired) electrons. The summed E-state index contributed by atoms with van der Waals surface area (Å²) in [6.45, 7) is 0. The Kier molecular flexibility index (Phi) is 13.9. The van der Waals surface area contributed by atoms with Gasteiger partial charge in [-0.2, -0.15) is 0 Å². The molecule has 0 amide bonds. The van der Waals surface area contributed by atoms with Crippen molar-refractivity contribution in [3.8, 4) is 0 Å². The Bertz CT molecular complexity index is 256. The van der Waals surface area contributed by atoms with Crippen molar-refractivity contribution in [2.45, 2.75) is 0 Å². The minimum atomic E-state index is -5.31. The molecule has 0 rings (SSSR count). The molecule has 0 aliphatic heterocycles. The number of hydrogen-bond donors (Lipinski definition) is 0. The first-order chi connectivity index (χ1) is 4.21. The SMILES string of the molecule is O=S(=O)([O-])OOS(=O)(=O)[O-].[NH2-].[NH2-].[Ti+4]. The van der Waals surface area contributed by atoms with Crippen LogP contribution in [0.4, 0.5) is 0 Å². The molecule has 0 bridgehead atoms. The molecule has 0 fully saturated rings. The van der Waals surface area contributed by atoms with Gasteiger partial charge in [-0.05, 0) is 0 Å². The molecule has 0 spiro atoms. The van der Waals surface area contributed by atoms with Gasteiger partial charge in [0.05, 0.1) is 0 Å². The van der Waals surface area contributed by atoms with Crippen molar-refractivity contribution in [2.75, 3.05) is 0 Å². The minimum absolute atomic E-state index is 0. The van der Waals surface area contributed by atoms with Crippen molar-refractivity contribution in [1.82, 2.24) is 0 Å². The molecule has 0 aromatic rings. The van der Waals surface area contributed by atoms with Crippen LogP contribution in [0.1, 0.15) is 0 Å². The van der Waals surface area contributed by atoms with E-state index in [0.29, 0.717) is 0 Å². The van der Waals surface area contributed by atoms with Crippen LogP contribution in [0.15, 0.2) is 0 Å². The summed E-state index contributed by atoms with van der Waals surface area (Å²) >= 11 is 0. The Morgan fingerprint density at radius 3 is 1.00 bits per heavy atom. The summed E-state index contributed by atoms with van der Waals surface area (Å²) in [7, 11) is -10.6. The van der Waals surface area contributed by atoms with E-state index in [1.165, 1.54) is 0 Å². The van der Waals surface area contributed by atoms with Gasteiger partial charge in [-0.15, -0.1) is 8.67 Å². The zero-order valence-corrected chi connectivity index (χ0v) is 8.93. The zero-order chi connectivity index (χ0) is 8.41. The average molecular weight is 272 g/mol. The molecule has 0 aliphatic rings. The predicted molar refractivity (Wildman–Crippen MR) is 32.1 cm³/mol. The first kappa shape index (κ1) is 23.3. The third-order valence-electron chi connectivity index (χ3n) is 0.194. The van der Waals surface area contributed by atoms with Gasteiger partial charge in [-0.3, -0.25) is 0 Å². The van der Waals surface area contributed by atoms with E-state index in [0.717, 1.165) is 0 Å². The molecule has 10 nitrogen and oxygen atoms in total. The van der Waals surface area contributed by atoms with Crippen LogP contribution < -0.4 is 0 Å². The zero-order valence-electron chi connectivity index (χ0n) is 5.74. The molecular formula is H4N2O8S2Ti. The summed E-state index contributed by atoms with van der Waals surface area (Å²) in [5, 5.41) is 0. The number of hydrogen-bond acceptors (Lipinski definition) is 8. The van der Waals surface area contributed by atoms with Gasteiger partial charge in [0.1, 0.15) is 0 Å². The van der Waals surface area contributed by atoms with E-state index in [2.05, 4.69) is 8.67 Å². The summed E-state index contributed by atoms with van der Waals surface area (Å²) < 4.78 is 61.5. The smallest absolute Gasteiger partial charge is 0.724 e. The molecule has 13 heavy (non-hydrogen) atoms. The molecule has 0 atom stereocenters. The van der Waals surface area contributed by atoms with E-state index in [1.54, 1.807) is 0 Å². The Hall–Kier alpha value is 0.374. The monoisotopic (exact) mass is 272 g/mol. The van der Waals surface area contributed by atoms with E-state index in [4.69, 9.17) is 0 Å². The van der Waals surface area contributed by atoms with E-state index in [9.17, 15) is 25.9 Å². The molecule has 13 heteroatoms. The van der Waals surface area contributed by atoms with E-state index >= 15 is 0 Å². The summed E-state index contributed by atoms with van der Waals surface area (Å²) in [5.74, 6) is 0. The quantitative estimate of drug-likeness (QED) is 0.210. The van der Waals surface area contributed by atoms with Gasteiger partial charge in [-0.25, -0.2) is 16.8 Å². The van der Waals surface area contributed by atoms with Crippen LogP contribution >= 0.6 is 0 Å². The van der Waals surface area contributed by atoms with Crippen molar-refractivity contribution >= 4 is 20.8 Å².